The molecule has 0 unspecified atom stereocenters. The van der Waals surface area contributed by atoms with E-state index in [0.717, 1.165) is 6.26 Å². The molecule has 1 rings (SSSR count). The summed E-state index contributed by atoms with van der Waals surface area (Å²) in [5.41, 5.74) is -0.174. The molecule has 94 valence electrons. The minimum absolute atomic E-state index is 0.0783. The summed E-state index contributed by atoms with van der Waals surface area (Å²) in [5, 5.41) is 10.6. The Hall–Kier alpha value is -1.67. The van der Waals surface area contributed by atoms with E-state index in [4.69, 9.17) is 4.74 Å². The van der Waals surface area contributed by atoms with Crippen molar-refractivity contribution >= 4 is 15.8 Å². The van der Waals surface area contributed by atoms with Crippen LogP contribution in [-0.2, 0) is 14.3 Å². The maximum Gasteiger partial charge on any atom is 0.310 e. The van der Waals surface area contributed by atoms with Crippen molar-refractivity contribution in [3.63, 3.8) is 0 Å². The molecule has 0 amide bonds. The molecule has 7 nitrogen and oxygen atoms in total. The first kappa shape index (κ1) is 13.4. The van der Waals surface area contributed by atoms with Gasteiger partial charge in [0.2, 0.25) is 0 Å². The first-order valence-electron chi connectivity index (χ1n) is 4.61. The zero-order valence-corrected chi connectivity index (χ0v) is 9.85. The second-order valence-electron chi connectivity index (χ2n) is 3.10. The summed E-state index contributed by atoms with van der Waals surface area (Å²) in [7, 11) is -3.52. The van der Waals surface area contributed by atoms with Crippen molar-refractivity contribution < 1.29 is 22.3 Å². The van der Waals surface area contributed by atoms with Gasteiger partial charge in [-0.1, -0.05) is 12.1 Å². The van der Waals surface area contributed by atoms with Gasteiger partial charge in [-0.15, -0.1) is 0 Å². The van der Waals surface area contributed by atoms with Gasteiger partial charge in [-0.25, -0.2) is 0 Å². The minimum atomic E-state index is -3.52. The summed E-state index contributed by atoms with van der Waals surface area (Å²) in [6.07, 6.45) is 0.915. The largest absolute Gasteiger partial charge is 0.484 e. The highest BCUT2D eigenvalue weighted by Crippen LogP contribution is 2.25. The summed E-state index contributed by atoms with van der Waals surface area (Å²) >= 11 is 0. The molecule has 0 bridgehead atoms. The lowest BCUT2D eigenvalue weighted by atomic mass is 10.3. The van der Waals surface area contributed by atoms with E-state index in [2.05, 4.69) is 4.18 Å². The van der Waals surface area contributed by atoms with Crippen LogP contribution < -0.4 is 4.74 Å². The number of rotatable bonds is 6. The molecular weight excluding hydrogens is 250 g/mol. The Bertz CT molecular complexity index is 498. The summed E-state index contributed by atoms with van der Waals surface area (Å²) < 4.78 is 30.8. The Kier molecular flexibility index (Phi) is 4.41. The van der Waals surface area contributed by atoms with E-state index in [1.54, 1.807) is 6.07 Å². The van der Waals surface area contributed by atoms with Gasteiger partial charge in [0.1, 0.15) is 13.2 Å². The van der Waals surface area contributed by atoms with Crippen LogP contribution in [0, 0.1) is 10.1 Å². The average Bonchev–Trinajstić information content (AvgIpc) is 2.23. The molecular formula is C9H11NO6S. The maximum atomic E-state index is 10.6. The van der Waals surface area contributed by atoms with E-state index in [-0.39, 0.29) is 24.7 Å². The van der Waals surface area contributed by atoms with Crippen molar-refractivity contribution in [2.24, 2.45) is 0 Å². The lowest BCUT2D eigenvalue weighted by molar-refractivity contribution is -0.385. The molecule has 0 spiro atoms. The molecule has 0 atom stereocenters. The molecule has 0 heterocycles. The van der Waals surface area contributed by atoms with Gasteiger partial charge in [-0.05, 0) is 6.07 Å². The Morgan fingerprint density at radius 1 is 1.29 bits per heavy atom. The molecule has 0 aliphatic carbocycles. The second-order valence-corrected chi connectivity index (χ2v) is 4.74. The number of hydrogen-bond acceptors (Lipinski definition) is 6. The average molecular weight is 261 g/mol. The van der Waals surface area contributed by atoms with Gasteiger partial charge in [0.25, 0.3) is 10.1 Å². The standard InChI is InChI=1S/C9H11NO6S/c1-17(13,14)16-7-6-15-9-5-3-2-4-8(9)10(11)12/h2-5H,6-7H2,1H3. The van der Waals surface area contributed by atoms with Crippen LogP contribution in [0.1, 0.15) is 0 Å². The fraction of sp³-hybridized carbons (Fsp3) is 0.333. The topological polar surface area (TPSA) is 95.7 Å². The van der Waals surface area contributed by atoms with Gasteiger partial charge in [-0.3, -0.25) is 14.3 Å². The molecule has 1 aromatic carbocycles. The number of benzene rings is 1. The van der Waals surface area contributed by atoms with Gasteiger partial charge in [-0.2, -0.15) is 8.42 Å². The Labute approximate surface area is 98.2 Å². The van der Waals surface area contributed by atoms with Crippen LogP contribution in [0.4, 0.5) is 5.69 Å². The summed E-state index contributed by atoms with van der Waals surface area (Å²) in [5.74, 6) is 0.0783. The zero-order chi connectivity index (χ0) is 12.9. The number of nitro groups is 1. The predicted octanol–water partition coefficient (Wildman–Crippen LogP) is 0.950. The van der Waals surface area contributed by atoms with Crippen molar-refractivity contribution in [2.45, 2.75) is 0 Å². The number of ether oxygens (including phenoxy) is 1. The van der Waals surface area contributed by atoms with E-state index >= 15 is 0 Å². The van der Waals surface area contributed by atoms with Crippen LogP contribution in [0.5, 0.6) is 5.75 Å². The Morgan fingerprint density at radius 3 is 2.53 bits per heavy atom. The number of hydrogen-bond donors (Lipinski definition) is 0. The second kappa shape index (κ2) is 5.60. The molecule has 0 saturated heterocycles. The van der Waals surface area contributed by atoms with Crippen LogP contribution in [-0.4, -0.2) is 32.8 Å². The molecule has 0 saturated carbocycles. The van der Waals surface area contributed by atoms with Crippen molar-refractivity contribution in [3.05, 3.63) is 34.4 Å². The summed E-state index contributed by atoms with van der Waals surface area (Å²) in [4.78, 5) is 10.0. The van der Waals surface area contributed by atoms with Gasteiger partial charge in [0.05, 0.1) is 11.2 Å². The Morgan fingerprint density at radius 2 is 1.94 bits per heavy atom. The van der Waals surface area contributed by atoms with Crippen molar-refractivity contribution in [2.75, 3.05) is 19.5 Å². The summed E-state index contributed by atoms with van der Waals surface area (Å²) in [6.45, 7) is -0.275. The predicted molar refractivity (Wildman–Crippen MR) is 59.4 cm³/mol. The summed E-state index contributed by atoms with van der Waals surface area (Å²) in [6, 6.07) is 5.82. The highest BCUT2D eigenvalue weighted by molar-refractivity contribution is 7.85. The molecule has 0 aliphatic rings. The quantitative estimate of drug-likeness (QED) is 0.327. The third-order valence-electron chi connectivity index (χ3n) is 1.70. The monoisotopic (exact) mass is 261 g/mol. The third-order valence-corrected chi connectivity index (χ3v) is 2.30. The molecule has 0 N–H and O–H groups in total. The van der Waals surface area contributed by atoms with E-state index < -0.39 is 15.0 Å². The van der Waals surface area contributed by atoms with Crippen molar-refractivity contribution in [1.29, 1.82) is 0 Å². The molecule has 0 radical (unpaired) electrons. The SMILES string of the molecule is CS(=O)(=O)OCCOc1ccccc1[N+](=O)[O-]. The van der Waals surface area contributed by atoms with Gasteiger partial charge >= 0.3 is 5.69 Å². The molecule has 0 aromatic heterocycles. The van der Waals surface area contributed by atoms with Gasteiger partial charge in [0, 0.05) is 6.07 Å². The van der Waals surface area contributed by atoms with Crippen LogP contribution in [0.25, 0.3) is 0 Å². The number of nitro benzene ring substituents is 1. The molecule has 17 heavy (non-hydrogen) atoms. The van der Waals surface area contributed by atoms with Gasteiger partial charge < -0.3 is 4.74 Å². The van der Waals surface area contributed by atoms with E-state index in [0.29, 0.717) is 0 Å². The first-order chi connectivity index (χ1) is 7.90. The van der Waals surface area contributed by atoms with Crippen molar-refractivity contribution in [3.8, 4) is 5.75 Å². The van der Waals surface area contributed by atoms with Crippen LogP contribution in [0.2, 0.25) is 0 Å². The van der Waals surface area contributed by atoms with E-state index in [1.165, 1.54) is 18.2 Å². The lowest BCUT2D eigenvalue weighted by Crippen LogP contribution is -2.11. The normalized spacial score (nSPS) is 11.1. The highest BCUT2D eigenvalue weighted by atomic mass is 32.2. The lowest BCUT2D eigenvalue weighted by Gasteiger charge is -2.05. The fourth-order valence-electron chi connectivity index (χ4n) is 1.07. The first-order valence-corrected chi connectivity index (χ1v) is 6.42. The van der Waals surface area contributed by atoms with E-state index in [9.17, 15) is 18.5 Å². The smallest absolute Gasteiger partial charge is 0.310 e. The van der Waals surface area contributed by atoms with Crippen LogP contribution in [0.3, 0.4) is 0 Å². The molecule has 0 fully saturated rings. The number of nitrogens with zero attached hydrogens (tertiary/aromatic N) is 1. The van der Waals surface area contributed by atoms with Crippen LogP contribution in [0.15, 0.2) is 24.3 Å². The maximum absolute atomic E-state index is 10.6. The minimum Gasteiger partial charge on any atom is -0.484 e. The molecule has 8 heteroatoms. The Balaban J connectivity index is 2.55. The number of para-hydroxylation sites is 2. The fourth-order valence-corrected chi connectivity index (χ4v) is 1.44. The van der Waals surface area contributed by atoms with Gasteiger partial charge in [0.15, 0.2) is 5.75 Å². The molecule has 1 aromatic rings. The molecule has 0 aliphatic heterocycles. The van der Waals surface area contributed by atoms with Crippen molar-refractivity contribution in [1.82, 2.24) is 0 Å². The van der Waals surface area contributed by atoms with E-state index in [1.807, 2.05) is 0 Å². The highest BCUT2D eigenvalue weighted by Gasteiger charge is 2.13. The van der Waals surface area contributed by atoms with Crippen LogP contribution >= 0.6 is 0 Å². The third kappa shape index (κ3) is 4.79. The zero-order valence-electron chi connectivity index (χ0n) is 9.03.